The number of methoxy groups -OCH3 is 2. The number of halogens is 2. The zero-order valence-corrected chi connectivity index (χ0v) is 44.0. The van der Waals surface area contributed by atoms with Gasteiger partial charge in [-0.3, -0.25) is 28.8 Å². The highest BCUT2D eigenvalue weighted by Gasteiger charge is 2.37. The largest absolute Gasteiger partial charge is 0.457 e. The van der Waals surface area contributed by atoms with Crippen molar-refractivity contribution < 1.29 is 43.0 Å². The summed E-state index contributed by atoms with van der Waals surface area (Å²) in [6.45, 7) is 4.39. The van der Waals surface area contributed by atoms with E-state index in [4.69, 9.17) is 37.4 Å². The number of hydrogen-bond donors (Lipinski definition) is 2. The van der Waals surface area contributed by atoms with E-state index < -0.39 is 47.8 Å². The zero-order valence-electron chi connectivity index (χ0n) is 42.5. The third-order valence-electron chi connectivity index (χ3n) is 13.6. The number of nitrogens with zero attached hydrogens (tertiary/aromatic N) is 7. The Labute approximate surface area is 441 Å². The first-order valence-electron chi connectivity index (χ1n) is 24.5. The second-order valence-corrected chi connectivity index (χ2v) is 19.6. The van der Waals surface area contributed by atoms with E-state index >= 15 is 4.79 Å². The number of likely N-dealkylation sites (N-methyl/N-ethyl adjacent to an activating group) is 2. The SMILES string of the molecule is COCC(=O)N1CCn2c(nnc2-c2ccc(Oc3cc(Cl)ccc3CN3C(=O)C[C@@H](Cc4ccccc4)C(=O)N(C)[C@@H](C)CNC(=O)C[C@H](Cc4ccc(Cl)cc4)N(C)C(=O)[C@H](COC)NC(=O)[C@@H]3C)cc2)C1. The quantitative estimate of drug-likeness (QED) is 0.150. The molecule has 0 saturated carbocycles. The Bertz CT molecular complexity index is 2780. The lowest BCUT2D eigenvalue weighted by atomic mass is 9.93. The molecule has 0 aliphatic carbocycles. The summed E-state index contributed by atoms with van der Waals surface area (Å²) in [7, 11) is 6.11. The van der Waals surface area contributed by atoms with Crippen LogP contribution in [0.3, 0.4) is 0 Å². The van der Waals surface area contributed by atoms with Crippen LogP contribution in [-0.4, -0.2) is 149 Å². The fourth-order valence-electron chi connectivity index (χ4n) is 9.08. The van der Waals surface area contributed by atoms with Crippen LogP contribution in [0.5, 0.6) is 11.5 Å². The van der Waals surface area contributed by atoms with Crippen LogP contribution in [0, 0.1) is 5.92 Å². The van der Waals surface area contributed by atoms with Crippen LogP contribution < -0.4 is 15.4 Å². The molecule has 1 fully saturated rings. The third kappa shape index (κ3) is 13.8. The van der Waals surface area contributed by atoms with E-state index in [0.29, 0.717) is 58.4 Å². The molecule has 6 amide bonds. The Morgan fingerprint density at radius 3 is 2.18 bits per heavy atom. The fourth-order valence-corrected chi connectivity index (χ4v) is 9.37. The van der Waals surface area contributed by atoms with Gasteiger partial charge in [0.15, 0.2) is 11.6 Å². The number of carbonyl (C=O) groups is 6. The molecule has 0 spiro atoms. The molecule has 1 aromatic heterocycles. The number of carbonyl (C=O) groups excluding carboxylic acids is 6. The number of hydrogen-bond acceptors (Lipinski definition) is 11. The van der Waals surface area contributed by atoms with Crippen molar-refractivity contribution >= 4 is 58.6 Å². The Kier molecular flexibility index (Phi) is 18.8. The smallest absolute Gasteiger partial charge is 0.249 e. The molecule has 1 saturated heterocycles. The van der Waals surface area contributed by atoms with Gasteiger partial charge in [-0.1, -0.05) is 71.7 Å². The van der Waals surface area contributed by atoms with Crippen LogP contribution in [0.4, 0.5) is 0 Å². The number of benzene rings is 4. The van der Waals surface area contributed by atoms with Crippen LogP contribution >= 0.6 is 23.2 Å². The number of aromatic nitrogens is 3. The normalized spacial score (nSPS) is 20.6. The molecule has 74 heavy (non-hydrogen) atoms. The van der Waals surface area contributed by atoms with E-state index in [1.807, 2.05) is 66.1 Å². The van der Waals surface area contributed by atoms with Crippen molar-refractivity contribution in [2.75, 3.05) is 54.6 Å². The molecule has 20 heteroatoms. The van der Waals surface area contributed by atoms with Gasteiger partial charge in [-0.2, -0.15) is 0 Å². The number of ether oxygens (including phenoxy) is 3. The highest BCUT2D eigenvalue weighted by Crippen LogP contribution is 2.33. The van der Waals surface area contributed by atoms with Gasteiger partial charge in [-0.05, 0) is 86.3 Å². The van der Waals surface area contributed by atoms with Gasteiger partial charge < -0.3 is 49.0 Å². The minimum atomic E-state index is -1.21. The molecule has 4 aromatic carbocycles. The van der Waals surface area contributed by atoms with Crippen molar-refractivity contribution in [1.29, 1.82) is 0 Å². The number of amides is 6. The molecule has 2 aliphatic heterocycles. The van der Waals surface area contributed by atoms with Crippen molar-refractivity contribution in [2.45, 2.75) is 83.3 Å². The first kappa shape index (κ1) is 54.9. The van der Waals surface area contributed by atoms with Gasteiger partial charge in [0, 0.05) is 94.0 Å². The maximum absolute atomic E-state index is 15.1. The summed E-state index contributed by atoms with van der Waals surface area (Å²) in [4.78, 5) is 91.0. The van der Waals surface area contributed by atoms with Crippen LogP contribution in [0.15, 0.2) is 97.1 Å². The van der Waals surface area contributed by atoms with E-state index in [1.54, 1.807) is 68.4 Å². The van der Waals surface area contributed by atoms with Gasteiger partial charge in [0.1, 0.15) is 30.2 Å². The summed E-state index contributed by atoms with van der Waals surface area (Å²) in [6, 6.07) is 25.1. The Hall–Kier alpha value is -6.86. The van der Waals surface area contributed by atoms with E-state index in [1.165, 1.54) is 28.9 Å². The Balaban J connectivity index is 1.20. The molecule has 392 valence electrons. The lowest BCUT2D eigenvalue weighted by Gasteiger charge is -2.35. The molecule has 2 N–H and O–H groups in total. The van der Waals surface area contributed by atoms with Crippen molar-refractivity contribution in [3.63, 3.8) is 0 Å². The lowest BCUT2D eigenvalue weighted by molar-refractivity contribution is -0.147. The second-order valence-electron chi connectivity index (χ2n) is 18.8. The van der Waals surface area contributed by atoms with Crippen molar-refractivity contribution in [3.05, 3.63) is 130 Å². The first-order chi connectivity index (χ1) is 35.5. The van der Waals surface area contributed by atoms with Gasteiger partial charge in [-0.25, -0.2) is 0 Å². The highest BCUT2D eigenvalue weighted by atomic mass is 35.5. The predicted octanol–water partition coefficient (Wildman–Crippen LogP) is 5.57. The average molecular weight is 1050 g/mol. The molecule has 7 rings (SSSR count). The van der Waals surface area contributed by atoms with Gasteiger partial charge in [0.25, 0.3) is 0 Å². The van der Waals surface area contributed by atoms with Crippen molar-refractivity contribution in [3.8, 4) is 22.9 Å². The highest BCUT2D eigenvalue weighted by molar-refractivity contribution is 6.31. The Morgan fingerprint density at radius 1 is 0.770 bits per heavy atom. The van der Waals surface area contributed by atoms with Crippen LogP contribution in [0.2, 0.25) is 10.0 Å². The summed E-state index contributed by atoms with van der Waals surface area (Å²) >= 11 is 12.8. The lowest BCUT2D eigenvalue weighted by Crippen LogP contribution is -2.57. The average Bonchev–Trinajstić information content (AvgIpc) is 3.83. The van der Waals surface area contributed by atoms with E-state index in [2.05, 4.69) is 20.8 Å². The Morgan fingerprint density at radius 2 is 1.47 bits per heavy atom. The molecule has 0 radical (unpaired) electrons. The van der Waals surface area contributed by atoms with E-state index in [-0.39, 0.29) is 69.7 Å². The monoisotopic (exact) mass is 1050 g/mol. The number of fused-ring (bicyclic) bond motifs is 1. The van der Waals surface area contributed by atoms with E-state index in [9.17, 15) is 24.0 Å². The predicted molar refractivity (Wildman–Crippen MR) is 278 cm³/mol. The third-order valence-corrected chi connectivity index (χ3v) is 14.1. The summed E-state index contributed by atoms with van der Waals surface area (Å²) in [6.07, 6.45) is 0.119. The maximum atomic E-state index is 15.1. The zero-order chi connectivity index (χ0) is 53.1. The van der Waals surface area contributed by atoms with Crippen LogP contribution in [0.25, 0.3) is 11.4 Å². The molecule has 0 unspecified atom stereocenters. The standard InChI is InChI=1S/C54H63Cl2N9O9/c1-34-29-57-48(66)28-43(25-37-12-17-41(55)18-13-37)62(4)54(71)45(32-72-5)58-52(69)35(2)65(49(67)26-40(53(70)61(34)3)24-36-10-8-7-9-11-36)30-39-14-19-42(56)27-46(39)74-44-20-15-38(16-21-44)51-60-59-47-31-63(22-23-64(47)51)50(68)33-73-6/h7-21,27,34-35,40,43,45H,22-26,28-33H2,1-6H3,(H,57,66)(H,58,69)/t34-,35-,40+,43-,45-/m0/s1. The van der Waals surface area contributed by atoms with Gasteiger partial charge in [-0.15, -0.1) is 10.2 Å². The second kappa shape index (κ2) is 25.4. The summed E-state index contributed by atoms with van der Waals surface area (Å²) in [5.74, 6) is -1.33. The maximum Gasteiger partial charge on any atom is 0.249 e. The molecule has 3 heterocycles. The van der Waals surface area contributed by atoms with Gasteiger partial charge >= 0.3 is 0 Å². The molecule has 18 nitrogen and oxygen atoms in total. The van der Waals surface area contributed by atoms with Crippen molar-refractivity contribution in [1.82, 2.24) is 45.0 Å². The van der Waals surface area contributed by atoms with E-state index in [0.717, 1.165) is 16.7 Å². The number of rotatable bonds is 13. The van der Waals surface area contributed by atoms with Crippen molar-refractivity contribution in [2.24, 2.45) is 5.92 Å². The van der Waals surface area contributed by atoms with Gasteiger partial charge in [0.2, 0.25) is 35.4 Å². The molecule has 0 bridgehead atoms. The number of nitrogens with one attached hydrogen (secondary N) is 2. The van der Waals surface area contributed by atoms with Gasteiger partial charge in [0.05, 0.1) is 25.6 Å². The fraction of sp³-hybridized carbons (Fsp3) is 0.407. The minimum Gasteiger partial charge on any atom is -0.457 e. The van der Waals surface area contributed by atoms with Crippen LogP contribution in [0.1, 0.15) is 49.2 Å². The molecule has 5 atom stereocenters. The molecular weight excluding hydrogens is 990 g/mol. The minimum absolute atomic E-state index is 0.0139. The van der Waals surface area contributed by atoms with Crippen LogP contribution in [-0.2, 0) is 70.7 Å². The summed E-state index contributed by atoms with van der Waals surface area (Å²) in [5, 5.41) is 15.5. The summed E-state index contributed by atoms with van der Waals surface area (Å²) in [5.41, 5.74) is 2.92. The summed E-state index contributed by atoms with van der Waals surface area (Å²) < 4.78 is 19.0. The first-order valence-corrected chi connectivity index (χ1v) is 25.2. The molecule has 2 aliphatic rings. The molecule has 5 aromatic rings. The topological polar surface area (TPSA) is 198 Å². The molecular formula is C54H63Cl2N9O9.